The largest absolute Gasteiger partial charge is 0.481 e. The summed E-state index contributed by atoms with van der Waals surface area (Å²) in [6.45, 7) is 0. The molecule has 2 aliphatic rings. The van der Waals surface area contributed by atoms with Crippen LogP contribution in [-0.4, -0.2) is 29.0 Å². The highest BCUT2D eigenvalue weighted by Gasteiger charge is 2.38. The van der Waals surface area contributed by atoms with Gasteiger partial charge in [0.15, 0.2) is 0 Å². The van der Waals surface area contributed by atoms with E-state index in [-0.39, 0.29) is 12.1 Å². The van der Waals surface area contributed by atoms with Crippen LogP contribution in [0.4, 0.5) is 13.2 Å². The van der Waals surface area contributed by atoms with Crippen molar-refractivity contribution in [1.29, 1.82) is 0 Å². The number of nitrogens with zero attached hydrogens (tertiary/aromatic N) is 1. The summed E-state index contributed by atoms with van der Waals surface area (Å²) in [4.78, 5) is 15.5. The summed E-state index contributed by atoms with van der Waals surface area (Å²) in [5, 5.41) is 12.2. The second-order valence-corrected chi connectivity index (χ2v) is 5.72. The molecule has 22 heavy (non-hydrogen) atoms. The molecule has 1 aliphatic heterocycles. The van der Waals surface area contributed by atoms with Crippen molar-refractivity contribution in [3.63, 3.8) is 0 Å². The molecule has 0 bridgehead atoms. The summed E-state index contributed by atoms with van der Waals surface area (Å²) in [6.07, 6.45) is -2.75. The second-order valence-electron chi connectivity index (χ2n) is 5.72. The van der Waals surface area contributed by atoms with Crippen molar-refractivity contribution in [3.05, 3.63) is 35.4 Å². The van der Waals surface area contributed by atoms with Gasteiger partial charge in [0.25, 0.3) is 0 Å². The van der Waals surface area contributed by atoms with Gasteiger partial charge in [-0.3, -0.25) is 9.79 Å². The molecule has 3 atom stereocenters. The maximum atomic E-state index is 12.8. The molecular formula is C15H15F3N2O2. The molecule has 1 aromatic carbocycles. The number of benzene rings is 1. The number of nitrogens with one attached hydrogen (secondary N) is 1. The molecule has 0 aromatic heterocycles. The van der Waals surface area contributed by atoms with Gasteiger partial charge in [0.2, 0.25) is 0 Å². The van der Waals surface area contributed by atoms with Crippen LogP contribution in [0.3, 0.4) is 0 Å². The van der Waals surface area contributed by atoms with Crippen molar-refractivity contribution in [2.75, 3.05) is 0 Å². The zero-order chi connectivity index (χ0) is 15.9. The monoisotopic (exact) mass is 312 g/mol. The highest BCUT2D eigenvalue weighted by atomic mass is 19.4. The summed E-state index contributed by atoms with van der Waals surface area (Å²) < 4.78 is 38.3. The number of fused-ring (bicyclic) bond motifs is 1. The Morgan fingerprint density at radius 1 is 1.32 bits per heavy atom. The van der Waals surface area contributed by atoms with E-state index in [1.807, 2.05) is 0 Å². The SMILES string of the molecule is O=C(O)C1CCC2N=C(c3cccc(C(F)(F)F)c3)NC2C1. The maximum Gasteiger partial charge on any atom is 0.416 e. The first-order valence-electron chi connectivity index (χ1n) is 7.09. The lowest BCUT2D eigenvalue weighted by Crippen LogP contribution is -2.41. The minimum absolute atomic E-state index is 0.0554. The van der Waals surface area contributed by atoms with Crippen LogP contribution in [0.25, 0.3) is 0 Å². The number of carbonyl (C=O) groups is 1. The van der Waals surface area contributed by atoms with Crippen LogP contribution < -0.4 is 5.32 Å². The Kier molecular flexibility index (Phi) is 3.58. The van der Waals surface area contributed by atoms with E-state index in [1.54, 1.807) is 6.07 Å². The van der Waals surface area contributed by atoms with Crippen molar-refractivity contribution in [1.82, 2.24) is 5.32 Å². The molecule has 1 aliphatic carbocycles. The van der Waals surface area contributed by atoms with Crippen LogP contribution >= 0.6 is 0 Å². The molecule has 1 heterocycles. The van der Waals surface area contributed by atoms with Crippen LogP contribution in [0, 0.1) is 5.92 Å². The first kappa shape index (κ1) is 14.9. The Morgan fingerprint density at radius 3 is 2.77 bits per heavy atom. The lowest BCUT2D eigenvalue weighted by molar-refractivity contribution is -0.143. The molecule has 3 rings (SSSR count). The normalized spacial score (nSPS) is 27.8. The number of aliphatic carboxylic acids is 1. The van der Waals surface area contributed by atoms with E-state index in [1.165, 1.54) is 6.07 Å². The van der Waals surface area contributed by atoms with Crippen LogP contribution in [0.1, 0.15) is 30.4 Å². The van der Waals surface area contributed by atoms with Crippen LogP contribution in [0.15, 0.2) is 29.3 Å². The lowest BCUT2D eigenvalue weighted by Gasteiger charge is -2.28. The molecule has 3 unspecified atom stereocenters. The fourth-order valence-electron chi connectivity index (χ4n) is 3.07. The van der Waals surface area contributed by atoms with Gasteiger partial charge < -0.3 is 10.4 Å². The van der Waals surface area contributed by atoms with Gasteiger partial charge in [0.1, 0.15) is 5.84 Å². The van der Waals surface area contributed by atoms with Gasteiger partial charge in [-0.2, -0.15) is 13.2 Å². The molecule has 1 aromatic rings. The van der Waals surface area contributed by atoms with Crippen LogP contribution in [0.2, 0.25) is 0 Å². The van der Waals surface area contributed by atoms with Gasteiger partial charge in [-0.25, -0.2) is 0 Å². The lowest BCUT2D eigenvalue weighted by atomic mass is 9.83. The van der Waals surface area contributed by atoms with E-state index in [0.29, 0.717) is 30.7 Å². The van der Waals surface area contributed by atoms with Crippen molar-refractivity contribution < 1.29 is 23.1 Å². The minimum Gasteiger partial charge on any atom is -0.481 e. The third kappa shape index (κ3) is 2.80. The van der Waals surface area contributed by atoms with Crippen molar-refractivity contribution in [3.8, 4) is 0 Å². The number of alkyl halides is 3. The molecule has 0 radical (unpaired) electrons. The van der Waals surface area contributed by atoms with E-state index in [2.05, 4.69) is 10.3 Å². The third-order valence-electron chi connectivity index (χ3n) is 4.24. The Hall–Kier alpha value is -2.05. The number of hydrogen-bond donors (Lipinski definition) is 2. The Labute approximate surface area is 125 Å². The molecule has 0 saturated heterocycles. The summed E-state index contributed by atoms with van der Waals surface area (Å²) in [5.74, 6) is -0.815. The third-order valence-corrected chi connectivity index (χ3v) is 4.24. The van der Waals surface area contributed by atoms with Crippen molar-refractivity contribution in [2.24, 2.45) is 10.9 Å². The number of carboxylic acids is 1. The summed E-state index contributed by atoms with van der Waals surface area (Å²) in [5.41, 5.74) is -0.330. The molecule has 0 amide bonds. The zero-order valence-corrected chi connectivity index (χ0v) is 11.6. The van der Waals surface area contributed by atoms with Gasteiger partial charge >= 0.3 is 12.1 Å². The van der Waals surface area contributed by atoms with Gasteiger partial charge in [0, 0.05) is 5.56 Å². The Morgan fingerprint density at radius 2 is 2.09 bits per heavy atom. The summed E-state index contributed by atoms with van der Waals surface area (Å²) in [6, 6.07) is 4.85. The first-order chi connectivity index (χ1) is 10.3. The second kappa shape index (κ2) is 5.30. The first-order valence-corrected chi connectivity index (χ1v) is 7.09. The standard InChI is InChI=1S/C15H15F3N2O2/c16-15(17,18)10-3-1-2-8(6-10)13-19-11-5-4-9(14(21)22)7-12(11)20-13/h1-3,6,9,11-12H,4-5,7H2,(H,19,20)(H,21,22). The van der Waals surface area contributed by atoms with E-state index in [0.717, 1.165) is 12.1 Å². The van der Waals surface area contributed by atoms with Gasteiger partial charge in [-0.05, 0) is 31.4 Å². The predicted octanol–water partition coefficient (Wildman–Crippen LogP) is 2.68. The van der Waals surface area contributed by atoms with E-state index < -0.39 is 23.6 Å². The molecule has 1 fully saturated rings. The zero-order valence-electron chi connectivity index (χ0n) is 11.6. The number of rotatable bonds is 2. The number of halogens is 3. The fourth-order valence-corrected chi connectivity index (χ4v) is 3.07. The van der Waals surface area contributed by atoms with E-state index in [9.17, 15) is 18.0 Å². The Bertz CT molecular complexity index is 627. The Balaban J connectivity index is 1.79. The number of hydrogen-bond acceptors (Lipinski definition) is 3. The molecule has 2 N–H and O–H groups in total. The highest BCUT2D eigenvalue weighted by molar-refractivity contribution is 6.00. The van der Waals surface area contributed by atoms with Crippen LogP contribution in [0.5, 0.6) is 0 Å². The van der Waals surface area contributed by atoms with Gasteiger partial charge in [-0.1, -0.05) is 12.1 Å². The molecule has 118 valence electrons. The fraction of sp³-hybridized carbons (Fsp3) is 0.467. The smallest absolute Gasteiger partial charge is 0.416 e. The minimum atomic E-state index is -4.39. The molecule has 0 spiro atoms. The quantitative estimate of drug-likeness (QED) is 0.882. The molecule has 4 nitrogen and oxygen atoms in total. The van der Waals surface area contributed by atoms with E-state index >= 15 is 0 Å². The summed E-state index contributed by atoms with van der Waals surface area (Å²) >= 11 is 0. The number of aliphatic imine (C=N–C) groups is 1. The molecular weight excluding hydrogens is 297 g/mol. The molecule has 7 heteroatoms. The maximum absolute atomic E-state index is 12.8. The van der Waals surface area contributed by atoms with Crippen molar-refractivity contribution >= 4 is 11.8 Å². The molecule has 1 saturated carbocycles. The highest BCUT2D eigenvalue weighted by Crippen LogP contribution is 2.32. The average molecular weight is 312 g/mol. The average Bonchev–Trinajstić information content (AvgIpc) is 2.89. The predicted molar refractivity (Wildman–Crippen MR) is 73.7 cm³/mol. The topological polar surface area (TPSA) is 61.7 Å². The van der Waals surface area contributed by atoms with Gasteiger partial charge in [0.05, 0.1) is 23.6 Å². The number of carboxylic acid groups (broad SMARTS) is 1. The van der Waals surface area contributed by atoms with Crippen molar-refractivity contribution in [2.45, 2.75) is 37.5 Å². The van der Waals surface area contributed by atoms with Gasteiger partial charge in [-0.15, -0.1) is 0 Å². The van der Waals surface area contributed by atoms with E-state index in [4.69, 9.17) is 5.11 Å². The van der Waals surface area contributed by atoms with Crippen LogP contribution in [-0.2, 0) is 11.0 Å². The summed E-state index contributed by atoms with van der Waals surface area (Å²) in [7, 11) is 0. The number of amidine groups is 1.